The Bertz CT molecular complexity index is 1350. The number of amides is 1. The van der Waals surface area contributed by atoms with Crippen molar-refractivity contribution in [2.45, 2.75) is 6.42 Å². The molecule has 0 radical (unpaired) electrons. The standard InChI is InChI=1S/C27H21Cl2N3O/c28-21-5-1-18(2-6-21)19-12-15-32(16-13-19)27(33)20-3-8-23(9-4-20)31-25-11-14-30-26-17-22(29)7-10-24(25)26/h1-12,14,17H,13,15-16H2,(H,30,31). The molecule has 1 N–H and O–H groups in total. The van der Waals surface area contributed by atoms with Crippen molar-refractivity contribution in [3.8, 4) is 0 Å². The smallest absolute Gasteiger partial charge is 0.254 e. The Hall–Kier alpha value is -3.34. The summed E-state index contributed by atoms with van der Waals surface area (Å²) in [6, 6.07) is 23.0. The fourth-order valence-corrected chi connectivity index (χ4v) is 4.34. The molecule has 6 heteroatoms. The van der Waals surface area contributed by atoms with Crippen LogP contribution in [-0.2, 0) is 0 Å². The normalized spacial score (nSPS) is 13.6. The fraction of sp³-hybridized carbons (Fsp3) is 0.111. The number of nitrogens with one attached hydrogen (secondary N) is 1. The number of pyridine rings is 1. The van der Waals surface area contributed by atoms with Crippen molar-refractivity contribution in [2.24, 2.45) is 0 Å². The summed E-state index contributed by atoms with van der Waals surface area (Å²) in [6.07, 6.45) is 4.70. The van der Waals surface area contributed by atoms with Gasteiger partial charge >= 0.3 is 0 Å². The van der Waals surface area contributed by atoms with Crippen LogP contribution >= 0.6 is 23.2 Å². The summed E-state index contributed by atoms with van der Waals surface area (Å²) < 4.78 is 0. The van der Waals surface area contributed by atoms with Crippen LogP contribution in [0.2, 0.25) is 10.0 Å². The second-order valence-corrected chi connectivity index (χ2v) is 8.83. The van der Waals surface area contributed by atoms with Crippen molar-refractivity contribution < 1.29 is 4.79 Å². The van der Waals surface area contributed by atoms with Crippen molar-refractivity contribution in [1.82, 2.24) is 9.88 Å². The molecular formula is C27H21Cl2N3O. The number of hydrogen-bond acceptors (Lipinski definition) is 3. The Labute approximate surface area is 202 Å². The molecule has 5 rings (SSSR count). The number of rotatable bonds is 4. The molecule has 0 fully saturated rings. The van der Waals surface area contributed by atoms with Crippen LogP contribution in [0, 0.1) is 0 Å². The molecule has 0 saturated heterocycles. The van der Waals surface area contributed by atoms with E-state index in [-0.39, 0.29) is 5.91 Å². The number of benzene rings is 3. The molecule has 0 spiro atoms. The van der Waals surface area contributed by atoms with Gasteiger partial charge in [0.1, 0.15) is 0 Å². The first-order valence-corrected chi connectivity index (χ1v) is 11.5. The van der Waals surface area contributed by atoms with Crippen LogP contribution in [0.3, 0.4) is 0 Å². The van der Waals surface area contributed by atoms with Crippen molar-refractivity contribution in [3.05, 3.63) is 106 Å². The molecule has 0 unspecified atom stereocenters. The summed E-state index contributed by atoms with van der Waals surface area (Å²) >= 11 is 12.1. The highest BCUT2D eigenvalue weighted by atomic mass is 35.5. The van der Waals surface area contributed by atoms with Gasteiger partial charge in [0.15, 0.2) is 0 Å². The zero-order valence-corrected chi connectivity index (χ0v) is 19.3. The van der Waals surface area contributed by atoms with Gasteiger partial charge < -0.3 is 10.2 Å². The summed E-state index contributed by atoms with van der Waals surface area (Å²) in [7, 11) is 0. The zero-order valence-electron chi connectivity index (χ0n) is 17.8. The molecule has 33 heavy (non-hydrogen) atoms. The third-order valence-electron chi connectivity index (χ3n) is 5.83. The topological polar surface area (TPSA) is 45.2 Å². The summed E-state index contributed by atoms with van der Waals surface area (Å²) in [4.78, 5) is 19.3. The number of carbonyl (C=O) groups is 1. The van der Waals surface area contributed by atoms with Gasteiger partial charge in [-0.25, -0.2) is 0 Å². The lowest BCUT2D eigenvalue weighted by molar-refractivity contribution is 0.0773. The lowest BCUT2D eigenvalue weighted by atomic mass is 9.99. The Balaban J connectivity index is 1.27. The quantitative estimate of drug-likeness (QED) is 0.340. The number of aromatic nitrogens is 1. The van der Waals surface area contributed by atoms with E-state index < -0.39 is 0 Å². The highest BCUT2D eigenvalue weighted by Gasteiger charge is 2.19. The summed E-state index contributed by atoms with van der Waals surface area (Å²) in [5.41, 5.74) is 5.75. The maximum absolute atomic E-state index is 13.0. The van der Waals surface area contributed by atoms with E-state index in [1.807, 2.05) is 77.7 Å². The van der Waals surface area contributed by atoms with Gasteiger partial charge in [-0.1, -0.05) is 41.4 Å². The Morgan fingerprint density at radius 1 is 0.909 bits per heavy atom. The summed E-state index contributed by atoms with van der Waals surface area (Å²) in [5, 5.41) is 5.78. The van der Waals surface area contributed by atoms with Crippen molar-refractivity contribution in [3.63, 3.8) is 0 Å². The predicted molar refractivity (Wildman–Crippen MR) is 136 cm³/mol. The van der Waals surface area contributed by atoms with Gasteiger partial charge in [0, 0.05) is 51.7 Å². The molecule has 0 atom stereocenters. The van der Waals surface area contributed by atoms with E-state index in [0.29, 0.717) is 23.7 Å². The molecule has 3 aromatic carbocycles. The molecule has 164 valence electrons. The number of nitrogens with zero attached hydrogens (tertiary/aromatic N) is 2. The van der Waals surface area contributed by atoms with Gasteiger partial charge in [-0.2, -0.15) is 0 Å². The van der Waals surface area contributed by atoms with Crippen molar-refractivity contribution in [2.75, 3.05) is 18.4 Å². The Morgan fingerprint density at radius 3 is 2.39 bits per heavy atom. The number of anilines is 2. The fourth-order valence-electron chi connectivity index (χ4n) is 4.04. The lowest BCUT2D eigenvalue weighted by Gasteiger charge is -2.27. The second-order valence-electron chi connectivity index (χ2n) is 7.96. The van der Waals surface area contributed by atoms with Crippen LogP contribution in [0.1, 0.15) is 22.3 Å². The first-order chi connectivity index (χ1) is 16.1. The maximum atomic E-state index is 13.0. The van der Waals surface area contributed by atoms with Gasteiger partial charge in [-0.15, -0.1) is 0 Å². The molecule has 0 bridgehead atoms. The highest BCUT2D eigenvalue weighted by Crippen LogP contribution is 2.28. The van der Waals surface area contributed by atoms with Gasteiger partial charge in [-0.3, -0.25) is 9.78 Å². The summed E-state index contributed by atoms with van der Waals surface area (Å²) in [5.74, 6) is 0.0389. The van der Waals surface area contributed by atoms with Crippen LogP contribution in [-0.4, -0.2) is 28.9 Å². The van der Waals surface area contributed by atoms with E-state index in [9.17, 15) is 4.79 Å². The molecule has 1 aromatic heterocycles. The molecule has 4 nitrogen and oxygen atoms in total. The molecule has 1 amide bonds. The summed E-state index contributed by atoms with van der Waals surface area (Å²) in [6.45, 7) is 1.29. The van der Waals surface area contributed by atoms with Gasteiger partial charge in [0.25, 0.3) is 5.91 Å². The number of fused-ring (bicyclic) bond motifs is 1. The van der Waals surface area contributed by atoms with E-state index in [0.717, 1.165) is 39.3 Å². The molecular weight excluding hydrogens is 453 g/mol. The third kappa shape index (κ3) is 4.72. The number of carbonyl (C=O) groups excluding carboxylic acids is 1. The van der Waals surface area contributed by atoms with Crippen molar-refractivity contribution >= 4 is 57.0 Å². The van der Waals surface area contributed by atoms with Gasteiger partial charge in [0.2, 0.25) is 0 Å². The number of hydrogen-bond donors (Lipinski definition) is 1. The van der Waals surface area contributed by atoms with Crippen LogP contribution < -0.4 is 5.32 Å². The largest absolute Gasteiger partial charge is 0.355 e. The number of halogens is 2. The van der Waals surface area contributed by atoms with Crippen LogP contribution in [0.25, 0.3) is 16.5 Å². The van der Waals surface area contributed by atoms with Gasteiger partial charge in [-0.05, 0) is 78.2 Å². The first kappa shape index (κ1) is 21.5. The van der Waals surface area contributed by atoms with E-state index in [2.05, 4.69) is 16.4 Å². The van der Waals surface area contributed by atoms with Crippen molar-refractivity contribution in [1.29, 1.82) is 0 Å². The maximum Gasteiger partial charge on any atom is 0.254 e. The van der Waals surface area contributed by atoms with Crippen LogP contribution in [0.5, 0.6) is 0 Å². The van der Waals surface area contributed by atoms with E-state index in [1.54, 1.807) is 6.20 Å². The molecule has 2 heterocycles. The SMILES string of the molecule is O=C(c1ccc(Nc2ccnc3cc(Cl)ccc23)cc1)N1CC=C(c2ccc(Cl)cc2)CC1. The minimum Gasteiger partial charge on any atom is -0.355 e. The average molecular weight is 474 g/mol. The average Bonchev–Trinajstić information content (AvgIpc) is 2.85. The van der Waals surface area contributed by atoms with E-state index in [1.165, 1.54) is 5.57 Å². The lowest BCUT2D eigenvalue weighted by Crippen LogP contribution is -2.34. The molecule has 0 aliphatic carbocycles. The third-order valence-corrected chi connectivity index (χ3v) is 6.31. The monoisotopic (exact) mass is 473 g/mol. The van der Waals surface area contributed by atoms with Gasteiger partial charge in [0.05, 0.1) is 5.52 Å². The Morgan fingerprint density at radius 2 is 1.67 bits per heavy atom. The van der Waals surface area contributed by atoms with Crippen LogP contribution in [0.4, 0.5) is 11.4 Å². The van der Waals surface area contributed by atoms with E-state index in [4.69, 9.17) is 23.2 Å². The predicted octanol–water partition coefficient (Wildman–Crippen LogP) is 7.21. The molecule has 0 saturated carbocycles. The Kier molecular flexibility index (Phi) is 6.03. The minimum atomic E-state index is 0.0389. The van der Waals surface area contributed by atoms with E-state index >= 15 is 0 Å². The second kappa shape index (κ2) is 9.26. The molecule has 1 aliphatic rings. The zero-order chi connectivity index (χ0) is 22.8. The first-order valence-electron chi connectivity index (χ1n) is 10.7. The van der Waals surface area contributed by atoms with Crippen LogP contribution in [0.15, 0.2) is 85.1 Å². The minimum absolute atomic E-state index is 0.0389. The highest BCUT2D eigenvalue weighted by molar-refractivity contribution is 6.31. The molecule has 1 aliphatic heterocycles. The molecule has 4 aromatic rings.